The molecule has 20 heavy (non-hydrogen) atoms. The van der Waals surface area contributed by atoms with Crippen LogP contribution < -0.4 is 5.32 Å². The Morgan fingerprint density at radius 3 is 3.10 bits per heavy atom. The Morgan fingerprint density at radius 1 is 1.20 bits per heavy atom. The van der Waals surface area contributed by atoms with E-state index in [9.17, 15) is 0 Å². The van der Waals surface area contributed by atoms with Gasteiger partial charge in [0.25, 0.3) is 0 Å². The van der Waals surface area contributed by atoms with Crippen molar-refractivity contribution in [2.24, 2.45) is 0 Å². The van der Waals surface area contributed by atoms with Gasteiger partial charge in [-0.05, 0) is 25.5 Å². The quantitative estimate of drug-likeness (QED) is 0.763. The maximum Gasteiger partial charge on any atom is 0.234 e. The van der Waals surface area contributed by atoms with E-state index in [0.29, 0.717) is 11.8 Å². The average molecular weight is 266 g/mol. The molecular weight excluding hydrogens is 252 g/mol. The van der Waals surface area contributed by atoms with Crippen LogP contribution in [-0.4, -0.2) is 30.9 Å². The maximum atomic E-state index is 4.73. The maximum absolute atomic E-state index is 4.73. The molecule has 6 nitrogen and oxygen atoms in total. The number of nitrogens with zero attached hydrogens (tertiary/aromatic N) is 5. The van der Waals surface area contributed by atoms with E-state index in [2.05, 4.69) is 20.3 Å². The van der Waals surface area contributed by atoms with Crippen LogP contribution in [0.5, 0.6) is 0 Å². The van der Waals surface area contributed by atoms with Crippen molar-refractivity contribution in [2.45, 2.75) is 18.9 Å². The second-order valence-electron chi connectivity index (χ2n) is 4.91. The lowest BCUT2D eigenvalue weighted by Gasteiger charge is -2.10. The van der Waals surface area contributed by atoms with Crippen LogP contribution in [0.1, 0.15) is 24.6 Å². The van der Waals surface area contributed by atoms with E-state index < -0.39 is 0 Å². The van der Waals surface area contributed by atoms with Crippen molar-refractivity contribution in [3.63, 3.8) is 0 Å². The van der Waals surface area contributed by atoms with Crippen LogP contribution in [0.4, 0.5) is 0 Å². The Morgan fingerprint density at radius 2 is 2.20 bits per heavy atom. The third-order valence-electron chi connectivity index (χ3n) is 3.62. The van der Waals surface area contributed by atoms with Crippen LogP contribution in [-0.2, 0) is 0 Å². The largest absolute Gasteiger partial charge is 0.309 e. The normalized spacial score (nSPS) is 18.7. The molecule has 0 spiro atoms. The van der Waals surface area contributed by atoms with Crippen LogP contribution >= 0.6 is 0 Å². The lowest BCUT2D eigenvalue weighted by atomic mass is 10.1. The predicted octanol–water partition coefficient (Wildman–Crippen LogP) is 1.61. The molecule has 0 aromatic carbocycles. The molecule has 0 unspecified atom stereocenters. The number of hydrogen-bond acceptors (Lipinski definition) is 5. The molecule has 3 aromatic heterocycles. The van der Waals surface area contributed by atoms with Gasteiger partial charge in [-0.3, -0.25) is 9.38 Å². The van der Waals surface area contributed by atoms with Gasteiger partial charge in [0.15, 0.2) is 0 Å². The first kappa shape index (κ1) is 11.5. The predicted molar refractivity (Wildman–Crippen MR) is 74.0 cm³/mol. The van der Waals surface area contributed by atoms with E-state index in [1.165, 1.54) is 6.42 Å². The number of fused-ring (bicyclic) bond motifs is 1. The van der Waals surface area contributed by atoms with Crippen molar-refractivity contribution in [1.29, 1.82) is 0 Å². The molecule has 1 fully saturated rings. The monoisotopic (exact) mass is 266 g/mol. The Bertz CT molecular complexity index is 744. The molecule has 4 heterocycles. The third-order valence-corrected chi connectivity index (χ3v) is 3.62. The summed E-state index contributed by atoms with van der Waals surface area (Å²) in [6, 6.07) is 2.20. The van der Waals surface area contributed by atoms with E-state index in [1.807, 2.05) is 22.9 Å². The van der Waals surface area contributed by atoms with Gasteiger partial charge in [-0.25, -0.2) is 15.0 Å². The van der Waals surface area contributed by atoms with Gasteiger partial charge < -0.3 is 5.32 Å². The highest BCUT2D eigenvalue weighted by Crippen LogP contribution is 2.23. The first-order valence-corrected chi connectivity index (χ1v) is 6.75. The summed E-state index contributed by atoms with van der Waals surface area (Å²) in [6.07, 6.45) is 11.4. The number of rotatable bonds is 2. The first-order valence-electron chi connectivity index (χ1n) is 6.75. The Labute approximate surface area is 115 Å². The minimum atomic E-state index is 0.319. The second-order valence-corrected chi connectivity index (χ2v) is 4.91. The average Bonchev–Trinajstić information content (AvgIpc) is 3.17. The summed E-state index contributed by atoms with van der Waals surface area (Å²) in [7, 11) is 0. The molecule has 4 rings (SSSR count). The van der Waals surface area contributed by atoms with E-state index in [1.54, 1.807) is 18.6 Å². The minimum absolute atomic E-state index is 0.319. The topological polar surface area (TPSA) is 68.0 Å². The van der Waals surface area contributed by atoms with E-state index in [4.69, 9.17) is 4.98 Å². The van der Waals surface area contributed by atoms with Gasteiger partial charge in [0.05, 0.1) is 36.0 Å². The summed E-state index contributed by atoms with van der Waals surface area (Å²) in [4.78, 5) is 17.6. The zero-order valence-corrected chi connectivity index (χ0v) is 10.9. The molecule has 6 heteroatoms. The van der Waals surface area contributed by atoms with Crippen molar-refractivity contribution in [3.05, 3.63) is 42.7 Å². The SMILES string of the molecule is c1cnc2ncc(-c3cncc([C@H]4CCCN4)n3)n2c1. The standard InChI is InChI=1S/C14H14N6/c1-3-10(16-4-1)11-7-15-8-12(19-11)13-9-18-14-17-5-2-6-20(13)14/h2,5-10,16H,1,3-4H2/t10-/m1/s1. The molecule has 0 aliphatic carbocycles. The van der Waals surface area contributed by atoms with Gasteiger partial charge in [0.1, 0.15) is 5.69 Å². The molecule has 1 N–H and O–H groups in total. The molecule has 3 aromatic rings. The third kappa shape index (κ3) is 1.85. The summed E-state index contributed by atoms with van der Waals surface area (Å²) >= 11 is 0. The molecule has 1 aliphatic heterocycles. The van der Waals surface area contributed by atoms with Gasteiger partial charge in [-0.1, -0.05) is 0 Å². The highest BCUT2D eigenvalue weighted by molar-refractivity contribution is 5.57. The van der Waals surface area contributed by atoms with Crippen LogP contribution in [0.25, 0.3) is 17.2 Å². The molecule has 0 saturated carbocycles. The zero-order chi connectivity index (χ0) is 13.4. The van der Waals surface area contributed by atoms with E-state index in [-0.39, 0.29) is 0 Å². The summed E-state index contributed by atoms with van der Waals surface area (Å²) in [5, 5.41) is 3.45. The van der Waals surface area contributed by atoms with Gasteiger partial charge in [-0.2, -0.15) is 0 Å². The van der Waals surface area contributed by atoms with E-state index >= 15 is 0 Å². The Kier molecular flexibility index (Phi) is 2.67. The summed E-state index contributed by atoms with van der Waals surface area (Å²) < 4.78 is 1.93. The van der Waals surface area contributed by atoms with Crippen molar-refractivity contribution in [1.82, 2.24) is 29.7 Å². The van der Waals surface area contributed by atoms with Gasteiger partial charge >= 0.3 is 0 Å². The van der Waals surface area contributed by atoms with Crippen LogP contribution in [0.3, 0.4) is 0 Å². The smallest absolute Gasteiger partial charge is 0.234 e. The Balaban J connectivity index is 1.80. The van der Waals surface area contributed by atoms with Gasteiger partial charge in [-0.15, -0.1) is 0 Å². The molecule has 1 saturated heterocycles. The number of nitrogens with one attached hydrogen (secondary N) is 1. The highest BCUT2D eigenvalue weighted by Gasteiger charge is 2.19. The molecule has 100 valence electrons. The Hall–Kier alpha value is -2.34. The summed E-state index contributed by atoms with van der Waals surface area (Å²) in [5.41, 5.74) is 2.75. The number of aromatic nitrogens is 5. The summed E-state index contributed by atoms with van der Waals surface area (Å²) in [6.45, 7) is 1.05. The molecule has 1 atom stereocenters. The fraction of sp³-hybridized carbons (Fsp3) is 0.286. The molecule has 1 aliphatic rings. The van der Waals surface area contributed by atoms with Gasteiger partial charge in [0.2, 0.25) is 5.78 Å². The summed E-state index contributed by atoms with van der Waals surface area (Å²) in [5.74, 6) is 0.675. The fourth-order valence-corrected chi connectivity index (χ4v) is 2.63. The number of imidazole rings is 1. The van der Waals surface area contributed by atoms with Crippen molar-refractivity contribution in [2.75, 3.05) is 6.54 Å². The van der Waals surface area contributed by atoms with E-state index in [0.717, 1.165) is 30.0 Å². The van der Waals surface area contributed by atoms with Crippen LogP contribution in [0.2, 0.25) is 0 Å². The zero-order valence-electron chi connectivity index (χ0n) is 10.9. The van der Waals surface area contributed by atoms with Crippen molar-refractivity contribution in [3.8, 4) is 11.4 Å². The lowest BCUT2D eigenvalue weighted by Crippen LogP contribution is -2.14. The van der Waals surface area contributed by atoms with Crippen molar-refractivity contribution < 1.29 is 0 Å². The lowest BCUT2D eigenvalue weighted by molar-refractivity contribution is 0.625. The molecule has 0 radical (unpaired) electrons. The number of hydrogen-bond donors (Lipinski definition) is 1. The molecular formula is C14H14N6. The molecule has 0 amide bonds. The first-order chi connectivity index (χ1) is 9.92. The highest BCUT2D eigenvalue weighted by atomic mass is 15.1. The fourth-order valence-electron chi connectivity index (χ4n) is 2.63. The van der Waals surface area contributed by atoms with Crippen LogP contribution in [0, 0.1) is 0 Å². The minimum Gasteiger partial charge on any atom is -0.309 e. The molecule has 0 bridgehead atoms. The van der Waals surface area contributed by atoms with Crippen molar-refractivity contribution >= 4 is 5.78 Å². The van der Waals surface area contributed by atoms with Crippen LogP contribution in [0.15, 0.2) is 37.1 Å². The second kappa shape index (κ2) is 4.64. The van der Waals surface area contributed by atoms with Gasteiger partial charge in [0, 0.05) is 12.4 Å².